The number of carboxylic acid groups (broad SMARTS) is 1. The predicted molar refractivity (Wildman–Crippen MR) is 62.1 cm³/mol. The molecule has 1 N–H and O–H groups in total. The summed E-state index contributed by atoms with van der Waals surface area (Å²) in [6.07, 6.45) is 6.61. The normalized spacial score (nSPS) is 38.9. The zero-order chi connectivity index (χ0) is 10.4. The standard InChI is InChI=1S/C10H12O2S2/c1-9-5-2-3-7(4-6-13)10(9,14-9)8(11)12/h2-3,5,13H,4,6H2,1H3,(H,11,12). The molecule has 0 aromatic rings. The molecule has 2 aliphatic rings. The Hall–Kier alpha value is -0.350. The van der Waals surface area contributed by atoms with E-state index in [0.29, 0.717) is 5.75 Å². The molecule has 2 rings (SSSR count). The van der Waals surface area contributed by atoms with E-state index >= 15 is 0 Å². The van der Waals surface area contributed by atoms with E-state index < -0.39 is 10.7 Å². The average Bonchev–Trinajstić information content (AvgIpc) is 2.75. The van der Waals surface area contributed by atoms with Gasteiger partial charge < -0.3 is 5.11 Å². The molecule has 4 heteroatoms. The number of thioether (sulfide) groups is 1. The maximum absolute atomic E-state index is 11.3. The number of allylic oxidation sites excluding steroid dienone is 2. The Balaban J connectivity index is 2.37. The largest absolute Gasteiger partial charge is 0.480 e. The van der Waals surface area contributed by atoms with Crippen LogP contribution in [0, 0.1) is 0 Å². The van der Waals surface area contributed by atoms with Gasteiger partial charge in [-0.3, -0.25) is 4.79 Å². The molecule has 14 heavy (non-hydrogen) atoms. The van der Waals surface area contributed by atoms with Crippen molar-refractivity contribution in [2.75, 3.05) is 5.75 Å². The topological polar surface area (TPSA) is 37.3 Å². The first-order valence-corrected chi connectivity index (χ1v) is 5.95. The fraction of sp³-hybridized carbons (Fsp3) is 0.500. The first-order chi connectivity index (χ1) is 6.57. The molecule has 1 aliphatic carbocycles. The van der Waals surface area contributed by atoms with Crippen molar-refractivity contribution < 1.29 is 9.90 Å². The fourth-order valence-electron chi connectivity index (χ4n) is 2.07. The second kappa shape index (κ2) is 3.07. The van der Waals surface area contributed by atoms with Crippen molar-refractivity contribution in [3.63, 3.8) is 0 Å². The van der Waals surface area contributed by atoms with E-state index in [1.54, 1.807) is 0 Å². The van der Waals surface area contributed by atoms with Crippen LogP contribution in [0.15, 0.2) is 23.8 Å². The van der Waals surface area contributed by atoms with Gasteiger partial charge in [0.05, 0.1) is 4.75 Å². The lowest BCUT2D eigenvalue weighted by Crippen LogP contribution is -2.34. The molecule has 0 saturated carbocycles. The third-order valence-electron chi connectivity index (χ3n) is 2.87. The Morgan fingerprint density at radius 2 is 2.43 bits per heavy atom. The number of aliphatic carboxylic acids is 1. The van der Waals surface area contributed by atoms with Crippen LogP contribution in [-0.4, -0.2) is 26.3 Å². The Kier molecular flexibility index (Phi) is 2.23. The number of fused-ring (bicyclic) bond motifs is 1. The Morgan fingerprint density at radius 1 is 1.71 bits per heavy atom. The molecule has 0 radical (unpaired) electrons. The Labute approximate surface area is 92.9 Å². The van der Waals surface area contributed by atoms with E-state index in [4.69, 9.17) is 0 Å². The summed E-state index contributed by atoms with van der Waals surface area (Å²) in [6, 6.07) is 0. The van der Waals surface area contributed by atoms with Crippen molar-refractivity contribution in [3.8, 4) is 0 Å². The van der Waals surface area contributed by atoms with Crippen molar-refractivity contribution in [3.05, 3.63) is 23.8 Å². The van der Waals surface area contributed by atoms with E-state index in [1.807, 2.05) is 25.2 Å². The van der Waals surface area contributed by atoms with Gasteiger partial charge in [-0.1, -0.05) is 18.2 Å². The maximum Gasteiger partial charge on any atom is 0.325 e. The number of carboxylic acids is 1. The lowest BCUT2D eigenvalue weighted by molar-refractivity contribution is -0.138. The van der Waals surface area contributed by atoms with Crippen LogP contribution in [0.5, 0.6) is 0 Å². The Morgan fingerprint density at radius 3 is 3.00 bits per heavy atom. The molecule has 1 saturated heterocycles. The molecule has 0 spiro atoms. The molecule has 1 heterocycles. The minimum absolute atomic E-state index is 0.230. The number of hydrogen-bond acceptors (Lipinski definition) is 3. The second-order valence-corrected chi connectivity index (χ2v) is 5.83. The van der Waals surface area contributed by atoms with Crippen LogP contribution in [0.2, 0.25) is 0 Å². The third kappa shape index (κ3) is 1.10. The number of carbonyl (C=O) groups is 1. The molecular formula is C10H12O2S2. The summed E-state index contributed by atoms with van der Waals surface area (Å²) in [6.45, 7) is 1.98. The van der Waals surface area contributed by atoms with Gasteiger partial charge in [0.15, 0.2) is 4.75 Å². The molecule has 2 nitrogen and oxygen atoms in total. The minimum Gasteiger partial charge on any atom is -0.480 e. The summed E-state index contributed by atoms with van der Waals surface area (Å²) < 4.78 is -0.920. The van der Waals surface area contributed by atoms with Crippen molar-refractivity contribution in [1.82, 2.24) is 0 Å². The summed E-state index contributed by atoms with van der Waals surface area (Å²) in [5.41, 5.74) is 0.995. The van der Waals surface area contributed by atoms with Gasteiger partial charge in [0.25, 0.3) is 0 Å². The molecule has 0 aromatic heterocycles. The van der Waals surface area contributed by atoms with Crippen LogP contribution in [0.1, 0.15) is 13.3 Å². The van der Waals surface area contributed by atoms with Crippen LogP contribution in [-0.2, 0) is 4.79 Å². The van der Waals surface area contributed by atoms with Crippen molar-refractivity contribution in [1.29, 1.82) is 0 Å². The summed E-state index contributed by atoms with van der Waals surface area (Å²) >= 11 is 5.67. The van der Waals surface area contributed by atoms with Crippen molar-refractivity contribution >= 4 is 30.4 Å². The molecule has 2 atom stereocenters. The molecule has 1 aliphatic heterocycles. The zero-order valence-electron chi connectivity index (χ0n) is 7.86. The molecule has 76 valence electrons. The van der Waals surface area contributed by atoms with Gasteiger partial charge in [0.1, 0.15) is 0 Å². The van der Waals surface area contributed by atoms with E-state index in [1.165, 1.54) is 11.8 Å². The quantitative estimate of drug-likeness (QED) is 0.574. The fourth-order valence-corrected chi connectivity index (χ4v) is 3.71. The molecule has 2 unspecified atom stereocenters. The lowest BCUT2D eigenvalue weighted by atomic mass is 9.82. The van der Waals surface area contributed by atoms with Gasteiger partial charge >= 0.3 is 5.97 Å². The summed E-state index contributed by atoms with van der Waals surface area (Å²) in [5, 5.41) is 9.28. The first-order valence-electron chi connectivity index (χ1n) is 4.50. The van der Waals surface area contributed by atoms with E-state index in [-0.39, 0.29) is 4.75 Å². The van der Waals surface area contributed by atoms with Gasteiger partial charge in [0, 0.05) is 0 Å². The van der Waals surface area contributed by atoms with E-state index in [9.17, 15) is 9.90 Å². The average molecular weight is 228 g/mol. The maximum atomic E-state index is 11.3. The van der Waals surface area contributed by atoms with Crippen LogP contribution in [0.25, 0.3) is 0 Å². The number of thiol groups is 1. The van der Waals surface area contributed by atoms with Gasteiger partial charge in [0.2, 0.25) is 0 Å². The van der Waals surface area contributed by atoms with Gasteiger partial charge in [-0.2, -0.15) is 12.6 Å². The zero-order valence-corrected chi connectivity index (χ0v) is 9.57. The molecule has 0 bridgehead atoms. The number of hydrogen-bond donors (Lipinski definition) is 2. The van der Waals surface area contributed by atoms with E-state index in [0.717, 1.165) is 12.0 Å². The Bertz CT molecular complexity index is 348. The molecule has 0 amide bonds. The lowest BCUT2D eigenvalue weighted by Gasteiger charge is -2.19. The predicted octanol–water partition coefficient (Wildman–Crippen LogP) is 2.13. The smallest absolute Gasteiger partial charge is 0.325 e. The highest BCUT2D eigenvalue weighted by molar-refractivity contribution is 8.11. The van der Waals surface area contributed by atoms with Crippen molar-refractivity contribution in [2.24, 2.45) is 0 Å². The first kappa shape index (κ1) is 10.2. The highest BCUT2D eigenvalue weighted by Gasteiger charge is 2.72. The van der Waals surface area contributed by atoms with E-state index in [2.05, 4.69) is 12.6 Å². The molecule has 1 fully saturated rings. The highest BCUT2D eigenvalue weighted by Crippen LogP contribution is 2.69. The highest BCUT2D eigenvalue weighted by atomic mass is 32.2. The summed E-state index contributed by atoms with van der Waals surface area (Å²) in [7, 11) is 0. The van der Waals surface area contributed by atoms with Gasteiger partial charge in [-0.05, 0) is 24.7 Å². The van der Waals surface area contributed by atoms with Crippen molar-refractivity contribution in [2.45, 2.75) is 22.8 Å². The second-order valence-electron chi connectivity index (χ2n) is 3.72. The van der Waals surface area contributed by atoms with Gasteiger partial charge in [-0.15, -0.1) is 11.8 Å². The monoisotopic (exact) mass is 228 g/mol. The summed E-state index contributed by atoms with van der Waals surface area (Å²) in [5.74, 6) is -0.0203. The van der Waals surface area contributed by atoms with Crippen LogP contribution >= 0.6 is 24.4 Å². The van der Waals surface area contributed by atoms with Gasteiger partial charge in [-0.25, -0.2) is 0 Å². The van der Waals surface area contributed by atoms with Crippen LogP contribution in [0.4, 0.5) is 0 Å². The summed E-state index contributed by atoms with van der Waals surface area (Å²) in [4.78, 5) is 11.3. The molecule has 0 aromatic carbocycles. The minimum atomic E-state index is -0.720. The van der Waals surface area contributed by atoms with Crippen LogP contribution in [0.3, 0.4) is 0 Å². The van der Waals surface area contributed by atoms with Crippen LogP contribution < -0.4 is 0 Å². The third-order valence-corrected chi connectivity index (χ3v) is 4.92. The number of rotatable bonds is 3. The SMILES string of the molecule is CC12C=CC=C(CCS)C1(C(=O)O)S2. The molecular weight excluding hydrogens is 216 g/mol.